The molecule has 0 N–H and O–H groups in total. The van der Waals surface area contributed by atoms with Gasteiger partial charge in [-0.25, -0.2) is 0 Å². The van der Waals surface area contributed by atoms with E-state index in [0.717, 1.165) is 11.1 Å². The van der Waals surface area contributed by atoms with E-state index < -0.39 is 0 Å². The second-order valence-electron chi connectivity index (χ2n) is 3.91. The van der Waals surface area contributed by atoms with Crippen LogP contribution in [0.25, 0.3) is 5.57 Å². The van der Waals surface area contributed by atoms with Crippen LogP contribution in [0.5, 0.6) is 0 Å². The lowest BCUT2D eigenvalue weighted by molar-refractivity contribution is -0.0559. The van der Waals surface area contributed by atoms with Crippen LogP contribution in [-0.2, 0) is 9.47 Å². The smallest absolute Gasteiger partial charge is 0.185 e. The second kappa shape index (κ2) is 2.69. The summed E-state index contributed by atoms with van der Waals surface area (Å²) in [5.74, 6) is 0. The van der Waals surface area contributed by atoms with Gasteiger partial charge in [0.1, 0.15) is 6.10 Å². The van der Waals surface area contributed by atoms with Crippen LogP contribution in [0.3, 0.4) is 0 Å². The van der Waals surface area contributed by atoms with Crippen LogP contribution in [0.4, 0.5) is 0 Å². The summed E-state index contributed by atoms with van der Waals surface area (Å²) in [6, 6.07) is 6.34. The molecule has 2 atom stereocenters. The van der Waals surface area contributed by atoms with Crippen molar-refractivity contribution in [3.05, 3.63) is 41.5 Å². The van der Waals surface area contributed by atoms with Gasteiger partial charge in [0.05, 0.1) is 6.61 Å². The summed E-state index contributed by atoms with van der Waals surface area (Å²) in [5.41, 5.74) is 4.61. The van der Waals surface area contributed by atoms with E-state index in [9.17, 15) is 0 Å². The molecule has 0 radical (unpaired) electrons. The molecule has 2 heteroatoms. The molecule has 1 fully saturated rings. The Labute approximate surface area is 83.1 Å². The molecule has 1 aromatic carbocycles. The molecule has 1 aromatic rings. The van der Waals surface area contributed by atoms with Crippen LogP contribution in [0.2, 0.25) is 0 Å². The molecule has 1 saturated heterocycles. The fourth-order valence-electron chi connectivity index (χ4n) is 2.09. The van der Waals surface area contributed by atoms with Crippen LogP contribution >= 0.6 is 0 Å². The van der Waals surface area contributed by atoms with Gasteiger partial charge in [-0.1, -0.05) is 30.3 Å². The molecule has 14 heavy (non-hydrogen) atoms. The number of hydrogen-bond acceptors (Lipinski definition) is 2. The zero-order chi connectivity index (χ0) is 9.71. The van der Waals surface area contributed by atoms with E-state index in [4.69, 9.17) is 9.47 Å². The number of benzene rings is 1. The fourth-order valence-corrected chi connectivity index (χ4v) is 2.09. The van der Waals surface area contributed by atoms with Crippen LogP contribution in [0.15, 0.2) is 24.8 Å². The van der Waals surface area contributed by atoms with Crippen molar-refractivity contribution in [3.8, 4) is 0 Å². The summed E-state index contributed by atoms with van der Waals surface area (Å²) < 4.78 is 11.2. The van der Waals surface area contributed by atoms with E-state index in [0.29, 0.717) is 6.61 Å². The van der Waals surface area contributed by atoms with Crippen LogP contribution < -0.4 is 0 Å². The highest BCUT2D eigenvalue weighted by Crippen LogP contribution is 2.42. The number of hydrogen-bond donors (Lipinski definition) is 0. The summed E-state index contributed by atoms with van der Waals surface area (Å²) >= 11 is 0. The Bertz CT molecular complexity index is 409. The first-order valence-corrected chi connectivity index (χ1v) is 4.82. The maximum absolute atomic E-state index is 5.67. The molecular weight excluding hydrogens is 176 g/mol. The summed E-state index contributed by atoms with van der Waals surface area (Å²) in [7, 11) is 0. The highest BCUT2D eigenvalue weighted by Gasteiger charge is 2.36. The minimum absolute atomic E-state index is 0.0650. The maximum Gasteiger partial charge on any atom is 0.185 e. The zero-order valence-corrected chi connectivity index (χ0v) is 8.12. The first-order chi connectivity index (χ1) is 6.75. The van der Waals surface area contributed by atoms with Gasteiger partial charge in [0.2, 0.25) is 0 Å². The van der Waals surface area contributed by atoms with Crippen LogP contribution in [0, 0.1) is 6.92 Å². The Morgan fingerprint density at radius 1 is 1.43 bits per heavy atom. The minimum atomic E-state index is -0.166. The van der Waals surface area contributed by atoms with E-state index in [1.165, 1.54) is 11.1 Å². The van der Waals surface area contributed by atoms with E-state index in [-0.39, 0.29) is 12.4 Å². The lowest BCUT2D eigenvalue weighted by Crippen LogP contribution is -2.17. The zero-order valence-electron chi connectivity index (χ0n) is 8.12. The average molecular weight is 188 g/mol. The Balaban J connectivity index is 2.21. The van der Waals surface area contributed by atoms with Crippen molar-refractivity contribution in [1.82, 2.24) is 0 Å². The molecule has 0 amide bonds. The highest BCUT2D eigenvalue weighted by molar-refractivity contribution is 5.72. The number of aryl methyl sites for hydroxylation is 1. The number of fused-ring (bicyclic) bond motifs is 4. The predicted octanol–water partition coefficient (Wildman–Crippen LogP) is 2.44. The minimum Gasteiger partial charge on any atom is -0.345 e. The molecular formula is C12H12O2. The molecule has 0 saturated carbocycles. The maximum atomic E-state index is 5.67. The predicted molar refractivity (Wildman–Crippen MR) is 53.8 cm³/mol. The van der Waals surface area contributed by atoms with Gasteiger partial charge in [0, 0.05) is 5.56 Å². The first-order valence-electron chi connectivity index (χ1n) is 4.82. The Hall–Kier alpha value is -1.12. The molecule has 0 spiro atoms. The summed E-state index contributed by atoms with van der Waals surface area (Å²) in [6.45, 7) is 6.77. The van der Waals surface area contributed by atoms with Gasteiger partial charge in [-0.15, -0.1) is 0 Å². The average Bonchev–Trinajstić information content (AvgIpc) is 2.60. The fraction of sp³-hybridized carbons (Fsp3) is 0.333. The molecule has 0 aromatic heterocycles. The third-order valence-electron chi connectivity index (χ3n) is 2.88. The largest absolute Gasteiger partial charge is 0.345 e. The molecule has 72 valence electrons. The third kappa shape index (κ3) is 0.982. The van der Waals surface area contributed by atoms with Gasteiger partial charge in [0.15, 0.2) is 6.29 Å². The summed E-state index contributed by atoms with van der Waals surface area (Å²) in [5, 5.41) is 0. The van der Waals surface area contributed by atoms with Crippen LogP contribution in [-0.4, -0.2) is 12.7 Å². The SMILES string of the molecule is C=C1c2ccc(C)cc2C2OCC1O2. The van der Waals surface area contributed by atoms with E-state index in [1.807, 2.05) is 0 Å². The monoisotopic (exact) mass is 188 g/mol. The van der Waals surface area contributed by atoms with Gasteiger partial charge in [-0.3, -0.25) is 0 Å². The number of ether oxygens (including phenoxy) is 2. The van der Waals surface area contributed by atoms with Crippen molar-refractivity contribution in [2.45, 2.75) is 19.3 Å². The molecule has 2 heterocycles. The van der Waals surface area contributed by atoms with Crippen molar-refractivity contribution in [3.63, 3.8) is 0 Å². The van der Waals surface area contributed by atoms with Gasteiger partial charge in [-0.05, 0) is 18.1 Å². The standard InChI is InChI=1S/C12H12O2/c1-7-3-4-9-8(2)11-6-13-12(14-11)10(9)5-7/h3-5,11-12H,2,6H2,1H3. The normalized spacial score (nSPS) is 29.1. The Morgan fingerprint density at radius 3 is 3.14 bits per heavy atom. The quantitative estimate of drug-likeness (QED) is 0.622. The van der Waals surface area contributed by atoms with Gasteiger partial charge in [0.25, 0.3) is 0 Å². The molecule has 0 aliphatic carbocycles. The Morgan fingerprint density at radius 2 is 2.29 bits per heavy atom. The van der Waals surface area contributed by atoms with E-state index >= 15 is 0 Å². The first kappa shape index (κ1) is 8.21. The summed E-state index contributed by atoms with van der Waals surface area (Å²) in [6.07, 6.45) is -0.101. The second-order valence-corrected chi connectivity index (χ2v) is 3.91. The van der Waals surface area contributed by atoms with E-state index in [2.05, 4.69) is 31.7 Å². The lowest BCUT2D eigenvalue weighted by atomic mass is 9.94. The molecule has 2 unspecified atom stereocenters. The van der Waals surface area contributed by atoms with Crippen molar-refractivity contribution in [1.29, 1.82) is 0 Å². The highest BCUT2D eigenvalue weighted by atomic mass is 16.7. The lowest BCUT2D eigenvalue weighted by Gasteiger charge is -2.24. The van der Waals surface area contributed by atoms with Gasteiger partial charge in [-0.2, -0.15) is 0 Å². The van der Waals surface area contributed by atoms with Gasteiger partial charge >= 0.3 is 0 Å². The molecule has 2 aliphatic rings. The van der Waals surface area contributed by atoms with Crippen LogP contribution in [0.1, 0.15) is 23.0 Å². The Kier molecular flexibility index (Phi) is 1.58. The third-order valence-corrected chi connectivity index (χ3v) is 2.88. The summed E-state index contributed by atoms with van der Waals surface area (Å²) in [4.78, 5) is 0. The number of rotatable bonds is 0. The topological polar surface area (TPSA) is 18.5 Å². The molecule has 2 nitrogen and oxygen atoms in total. The van der Waals surface area contributed by atoms with Crippen molar-refractivity contribution in [2.24, 2.45) is 0 Å². The van der Waals surface area contributed by atoms with Crippen molar-refractivity contribution in [2.75, 3.05) is 6.61 Å². The van der Waals surface area contributed by atoms with Gasteiger partial charge < -0.3 is 9.47 Å². The van der Waals surface area contributed by atoms with Crippen molar-refractivity contribution >= 4 is 5.57 Å². The molecule has 2 aliphatic heterocycles. The molecule has 3 rings (SSSR count). The van der Waals surface area contributed by atoms with Crippen molar-refractivity contribution < 1.29 is 9.47 Å². The molecule has 2 bridgehead atoms. The van der Waals surface area contributed by atoms with E-state index in [1.54, 1.807) is 0 Å².